The zero-order valence-corrected chi connectivity index (χ0v) is 4.57. The van der Waals surface area contributed by atoms with Gasteiger partial charge < -0.3 is 5.32 Å². The molecule has 0 aromatic heterocycles. The van der Waals surface area contributed by atoms with Crippen LogP contribution in [0.5, 0.6) is 0 Å². The summed E-state index contributed by atoms with van der Waals surface area (Å²) in [7, 11) is 1.30. The van der Waals surface area contributed by atoms with E-state index in [-0.39, 0.29) is 0 Å². The van der Waals surface area contributed by atoms with Gasteiger partial charge in [0.15, 0.2) is 0 Å². The molecule has 2 fully saturated rings. The van der Waals surface area contributed by atoms with Crippen molar-refractivity contribution in [2.24, 2.45) is 0 Å². The molecule has 2 heteroatoms. The van der Waals surface area contributed by atoms with Crippen LogP contribution in [0.25, 0.3) is 0 Å². The van der Waals surface area contributed by atoms with Gasteiger partial charge in [-0.1, -0.05) is 0 Å². The van der Waals surface area contributed by atoms with Crippen molar-refractivity contribution in [1.82, 2.24) is 5.32 Å². The van der Waals surface area contributed by atoms with Gasteiger partial charge in [0.2, 0.25) is 0 Å². The van der Waals surface area contributed by atoms with Gasteiger partial charge in [-0.25, -0.2) is 0 Å². The van der Waals surface area contributed by atoms with Crippen molar-refractivity contribution >= 4 is 8.58 Å². The Morgan fingerprint density at radius 2 is 2.50 bits per heavy atom. The lowest BCUT2D eigenvalue weighted by Crippen LogP contribution is -2.62. The lowest BCUT2D eigenvalue weighted by Gasteiger charge is -2.47. The monoisotopic (exact) mass is 101 g/mol. The Morgan fingerprint density at radius 3 is 2.50 bits per heavy atom. The largest absolute Gasteiger partial charge is 0.312 e. The summed E-state index contributed by atoms with van der Waals surface area (Å²) in [5.74, 6) is 0. The van der Waals surface area contributed by atoms with E-state index < -0.39 is 0 Å². The summed E-state index contributed by atoms with van der Waals surface area (Å²) in [6, 6.07) is 0.975. The van der Waals surface area contributed by atoms with Crippen LogP contribution < -0.4 is 5.32 Å². The minimum atomic E-state index is 0.975. The third-order valence-electron chi connectivity index (χ3n) is 1.69. The van der Waals surface area contributed by atoms with Gasteiger partial charge in [0.05, 0.1) is 0 Å². The Labute approximate surface area is 39.3 Å². The van der Waals surface area contributed by atoms with Gasteiger partial charge in [-0.3, -0.25) is 0 Å². The van der Waals surface area contributed by atoms with E-state index in [1.807, 2.05) is 0 Å². The van der Waals surface area contributed by atoms with Crippen LogP contribution in [-0.4, -0.2) is 24.4 Å². The number of hydrogen-bond acceptors (Lipinski definition) is 1. The van der Waals surface area contributed by atoms with Crippen LogP contribution in [0.3, 0.4) is 0 Å². The number of hydrogen-bond donors (Lipinski definition) is 1. The van der Waals surface area contributed by atoms with E-state index in [1.165, 1.54) is 21.3 Å². The van der Waals surface area contributed by atoms with E-state index in [0.717, 1.165) is 11.7 Å². The van der Waals surface area contributed by atoms with Gasteiger partial charge in [-0.15, -0.1) is 8.58 Å². The Kier molecular flexibility index (Phi) is 0.545. The molecule has 6 heavy (non-hydrogen) atoms. The van der Waals surface area contributed by atoms with Crippen LogP contribution in [0.1, 0.15) is 0 Å². The first kappa shape index (κ1) is 3.40. The lowest BCUT2D eigenvalue weighted by atomic mass is 10.1. The first-order valence-electron chi connectivity index (χ1n) is 2.43. The summed E-state index contributed by atoms with van der Waals surface area (Å²) in [4.78, 5) is 0. The average molecular weight is 101 g/mol. The van der Waals surface area contributed by atoms with Crippen molar-refractivity contribution in [2.45, 2.75) is 11.7 Å². The van der Waals surface area contributed by atoms with Gasteiger partial charge in [0, 0.05) is 18.2 Å². The van der Waals surface area contributed by atoms with E-state index >= 15 is 0 Å². The van der Waals surface area contributed by atoms with Crippen LogP contribution in [0.2, 0.25) is 0 Å². The highest BCUT2D eigenvalue weighted by atomic mass is 31.1. The molecule has 3 unspecified atom stereocenters. The smallest absolute Gasteiger partial charge is 0.0182 e. The van der Waals surface area contributed by atoms with Crippen LogP contribution in [0.15, 0.2) is 0 Å². The summed E-state index contributed by atoms with van der Waals surface area (Å²) < 4.78 is 0. The molecule has 0 spiro atoms. The maximum Gasteiger partial charge on any atom is 0.0182 e. The van der Waals surface area contributed by atoms with Gasteiger partial charge in [0.25, 0.3) is 0 Å². The first-order valence-corrected chi connectivity index (χ1v) is 3.72. The molecule has 0 bridgehead atoms. The Bertz CT molecular complexity index is 55.9. The molecule has 1 nitrogen and oxygen atoms in total. The quantitative estimate of drug-likeness (QED) is 0.424. The zero-order valence-electron chi connectivity index (χ0n) is 3.57. The molecule has 1 N–H and O–H groups in total. The summed E-state index contributed by atoms with van der Waals surface area (Å²) in [5.41, 5.74) is 1.13. The second-order valence-corrected chi connectivity index (χ2v) is 3.59. The molecule has 0 aromatic rings. The molecule has 2 rings (SSSR count). The Balaban J connectivity index is 2.03. The maximum absolute atomic E-state index is 3.35. The van der Waals surface area contributed by atoms with Gasteiger partial charge in [0.1, 0.15) is 0 Å². The summed E-state index contributed by atoms with van der Waals surface area (Å²) >= 11 is 0. The molecule has 0 radical (unpaired) electrons. The molecule has 0 aliphatic carbocycles. The predicted octanol–water partition coefficient (Wildman–Crippen LogP) is 0.0189. The van der Waals surface area contributed by atoms with Crippen molar-refractivity contribution in [3.63, 3.8) is 0 Å². The average Bonchev–Trinajstić information content (AvgIpc) is 1.54. The first-order chi connectivity index (χ1) is 2.97. The Morgan fingerprint density at radius 1 is 1.67 bits per heavy atom. The summed E-state index contributed by atoms with van der Waals surface area (Å²) in [5, 5.41) is 3.35. The fourth-order valence-electron chi connectivity index (χ4n) is 0.949. The minimum Gasteiger partial charge on any atom is -0.312 e. The van der Waals surface area contributed by atoms with Crippen LogP contribution in [-0.2, 0) is 0 Å². The van der Waals surface area contributed by atoms with E-state index in [0.29, 0.717) is 0 Å². The fourth-order valence-corrected chi connectivity index (χ4v) is 2.28. The molecule has 2 aliphatic heterocycles. The van der Waals surface area contributed by atoms with Crippen molar-refractivity contribution in [2.75, 3.05) is 12.7 Å². The van der Waals surface area contributed by atoms with Crippen molar-refractivity contribution in [1.29, 1.82) is 0 Å². The van der Waals surface area contributed by atoms with Crippen LogP contribution in [0, 0.1) is 0 Å². The standard InChI is InChI=1S/C4H8NP/c1-4-3(5-1)2-6-4/h3-6H,1-2H2. The third-order valence-corrected chi connectivity index (χ3v) is 3.49. The zero-order chi connectivity index (χ0) is 3.98. The number of rotatable bonds is 0. The predicted molar refractivity (Wildman–Crippen MR) is 28.8 cm³/mol. The molecule has 2 heterocycles. The topological polar surface area (TPSA) is 12.0 Å². The van der Waals surface area contributed by atoms with Crippen molar-refractivity contribution < 1.29 is 0 Å². The van der Waals surface area contributed by atoms with Crippen LogP contribution in [0.4, 0.5) is 0 Å². The molecule has 3 atom stereocenters. The van der Waals surface area contributed by atoms with E-state index in [9.17, 15) is 0 Å². The number of nitrogens with one attached hydrogen (secondary N) is 1. The van der Waals surface area contributed by atoms with E-state index in [2.05, 4.69) is 5.32 Å². The minimum absolute atomic E-state index is 0.975. The maximum atomic E-state index is 3.35. The molecule has 0 aromatic carbocycles. The third kappa shape index (κ3) is 0.244. The SMILES string of the molecule is C1PC2CNC12. The molecule has 2 saturated heterocycles. The highest BCUT2D eigenvalue weighted by Crippen LogP contribution is 2.39. The van der Waals surface area contributed by atoms with Gasteiger partial charge in [-0.2, -0.15) is 0 Å². The Hall–Kier alpha value is 0.390. The van der Waals surface area contributed by atoms with Crippen molar-refractivity contribution in [3.8, 4) is 0 Å². The van der Waals surface area contributed by atoms with E-state index in [4.69, 9.17) is 0 Å². The normalized spacial score (nSPS) is 56.0. The van der Waals surface area contributed by atoms with Crippen molar-refractivity contribution in [3.05, 3.63) is 0 Å². The molecule has 34 valence electrons. The second kappa shape index (κ2) is 0.962. The molecular weight excluding hydrogens is 93.0 g/mol. The van der Waals surface area contributed by atoms with E-state index in [1.54, 1.807) is 0 Å². The molecule has 0 saturated carbocycles. The highest BCUT2D eigenvalue weighted by molar-refractivity contribution is 7.41. The fraction of sp³-hybridized carbons (Fsp3) is 1.00. The summed E-state index contributed by atoms with van der Waals surface area (Å²) in [6.07, 6.45) is 1.48. The number of fused-ring (bicyclic) bond motifs is 1. The van der Waals surface area contributed by atoms with Gasteiger partial charge in [-0.05, 0) is 6.16 Å². The molecule has 2 aliphatic rings. The molecule has 0 amide bonds. The summed E-state index contributed by atoms with van der Waals surface area (Å²) in [6.45, 7) is 1.32. The van der Waals surface area contributed by atoms with Crippen LogP contribution >= 0.6 is 8.58 Å². The highest BCUT2D eigenvalue weighted by Gasteiger charge is 2.37. The second-order valence-electron chi connectivity index (χ2n) is 2.03. The lowest BCUT2D eigenvalue weighted by molar-refractivity contribution is 0.385. The molecular formula is C4H8NP. The van der Waals surface area contributed by atoms with Gasteiger partial charge >= 0.3 is 0 Å².